The molecule has 1 aliphatic heterocycles. The van der Waals surface area contributed by atoms with Gasteiger partial charge in [-0.25, -0.2) is 0 Å². The molecule has 0 fully saturated rings. The van der Waals surface area contributed by atoms with E-state index < -0.39 is 0 Å². The zero-order chi connectivity index (χ0) is 10.1. The first-order valence-electron chi connectivity index (χ1n) is 4.39. The molecular weight excluding hydrogens is 196 g/mol. The van der Waals surface area contributed by atoms with Gasteiger partial charge in [0.25, 0.3) is 0 Å². The summed E-state index contributed by atoms with van der Waals surface area (Å²) >= 11 is 5.95. The molecule has 1 N–H and O–H groups in total. The standard InChI is InChI=1S/C11H9ClN2/c1-7-8-4-2-3-5-10(8)14-11(12)9(7)6-13/h2-5,7,14H,1H3. The highest BCUT2D eigenvalue weighted by molar-refractivity contribution is 6.31. The number of hydrogen-bond acceptors (Lipinski definition) is 2. The van der Waals surface area contributed by atoms with Crippen LogP contribution < -0.4 is 5.32 Å². The second-order valence-electron chi connectivity index (χ2n) is 3.27. The van der Waals surface area contributed by atoms with Crippen LogP contribution in [0.4, 0.5) is 5.69 Å². The molecule has 0 amide bonds. The third kappa shape index (κ3) is 1.26. The lowest BCUT2D eigenvalue weighted by Crippen LogP contribution is -2.12. The highest BCUT2D eigenvalue weighted by Crippen LogP contribution is 2.37. The number of nitrogens with one attached hydrogen (secondary N) is 1. The van der Waals surface area contributed by atoms with Gasteiger partial charge in [0, 0.05) is 11.6 Å². The van der Waals surface area contributed by atoms with Crippen LogP contribution in [0.3, 0.4) is 0 Å². The van der Waals surface area contributed by atoms with Crippen LogP contribution in [0.2, 0.25) is 0 Å². The summed E-state index contributed by atoms with van der Waals surface area (Å²) in [6.45, 7) is 1.99. The number of anilines is 1. The third-order valence-corrected chi connectivity index (χ3v) is 2.76. The number of hydrogen-bond donors (Lipinski definition) is 1. The summed E-state index contributed by atoms with van der Waals surface area (Å²) in [5.74, 6) is 0.0740. The van der Waals surface area contributed by atoms with Crippen LogP contribution in [0.1, 0.15) is 18.4 Å². The SMILES string of the molecule is CC1C(C#N)=C(Cl)Nc2ccccc21. The molecule has 1 aliphatic rings. The Morgan fingerprint density at radius 1 is 1.43 bits per heavy atom. The van der Waals surface area contributed by atoms with E-state index in [1.165, 1.54) is 0 Å². The monoisotopic (exact) mass is 204 g/mol. The van der Waals surface area contributed by atoms with Crippen LogP contribution >= 0.6 is 11.6 Å². The Kier molecular flexibility index (Phi) is 2.18. The molecule has 2 rings (SSSR count). The van der Waals surface area contributed by atoms with E-state index in [2.05, 4.69) is 11.4 Å². The Bertz CT molecular complexity index is 443. The maximum atomic E-state index is 8.93. The number of allylic oxidation sites excluding steroid dienone is 1. The normalized spacial score (nSPS) is 19.6. The fourth-order valence-corrected chi connectivity index (χ4v) is 1.97. The molecule has 1 atom stereocenters. The number of nitrogens with zero attached hydrogens (tertiary/aromatic N) is 1. The van der Waals surface area contributed by atoms with E-state index in [-0.39, 0.29) is 5.92 Å². The molecular formula is C11H9ClN2. The minimum absolute atomic E-state index is 0.0740. The van der Waals surface area contributed by atoms with Crippen molar-refractivity contribution in [3.8, 4) is 6.07 Å². The smallest absolute Gasteiger partial charge is 0.121 e. The molecule has 3 heteroatoms. The van der Waals surface area contributed by atoms with Gasteiger partial charge in [-0.2, -0.15) is 5.26 Å². The summed E-state index contributed by atoms with van der Waals surface area (Å²) in [5.41, 5.74) is 2.71. The molecule has 2 nitrogen and oxygen atoms in total. The Balaban J connectivity index is 2.55. The molecule has 1 heterocycles. The molecule has 1 aromatic carbocycles. The third-order valence-electron chi connectivity index (χ3n) is 2.46. The highest BCUT2D eigenvalue weighted by atomic mass is 35.5. The lowest BCUT2D eigenvalue weighted by Gasteiger charge is -2.23. The maximum Gasteiger partial charge on any atom is 0.121 e. The van der Waals surface area contributed by atoms with Crippen LogP contribution in [0.15, 0.2) is 35.0 Å². The van der Waals surface area contributed by atoms with Crippen LogP contribution in [-0.4, -0.2) is 0 Å². The second kappa shape index (κ2) is 3.36. The van der Waals surface area contributed by atoms with Gasteiger partial charge in [-0.05, 0) is 11.6 Å². The van der Waals surface area contributed by atoms with Gasteiger partial charge in [0.05, 0.1) is 11.6 Å². The first-order valence-corrected chi connectivity index (χ1v) is 4.77. The molecule has 14 heavy (non-hydrogen) atoms. The zero-order valence-electron chi connectivity index (χ0n) is 7.71. The molecule has 0 saturated carbocycles. The predicted octanol–water partition coefficient (Wildman–Crippen LogP) is 3.19. The number of para-hydroxylation sites is 1. The van der Waals surface area contributed by atoms with Crippen molar-refractivity contribution in [3.63, 3.8) is 0 Å². The largest absolute Gasteiger partial charge is 0.345 e. The molecule has 0 radical (unpaired) electrons. The van der Waals surface area contributed by atoms with E-state index in [1.54, 1.807) is 0 Å². The Hall–Kier alpha value is -1.46. The van der Waals surface area contributed by atoms with E-state index in [4.69, 9.17) is 16.9 Å². The summed E-state index contributed by atoms with van der Waals surface area (Å²) in [4.78, 5) is 0. The second-order valence-corrected chi connectivity index (χ2v) is 3.65. The average molecular weight is 205 g/mol. The summed E-state index contributed by atoms with van der Waals surface area (Å²) in [5, 5.41) is 12.4. The lowest BCUT2D eigenvalue weighted by atomic mass is 9.90. The van der Waals surface area contributed by atoms with Crippen molar-refractivity contribution in [1.82, 2.24) is 0 Å². The van der Waals surface area contributed by atoms with Crippen LogP contribution in [-0.2, 0) is 0 Å². The van der Waals surface area contributed by atoms with Gasteiger partial charge in [0.2, 0.25) is 0 Å². The van der Waals surface area contributed by atoms with E-state index in [0.29, 0.717) is 10.7 Å². The van der Waals surface area contributed by atoms with Gasteiger partial charge >= 0.3 is 0 Å². The number of halogens is 1. The Labute approximate surface area is 87.8 Å². The van der Waals surface area contributed by atoms with Crippen molar-refractivity contribution in [1.29, 1.82) is 5.26 Å². The van der Waals surface area contributed by atoms with Crippen molar-refractivity contribution in [2.24, 2.45) is 0 Å². The van der Waals surface area contributed by atoms with Crippen LogP contribution in [0, 0.1) is 11.3 Å². The molecule has 0 aliphatic carbocycles. The van der Waals surface area contributed by atoms with E-state index in [1.807, 2.05) is 31.2 Å². The first kappa shape index (κ1) is 9.11. The van der Waals surface area contributed by atoms with Crippen molar-refractivity contribution in [2.45, 2.75) is 12.8 Å². The Morgan fingerprint density at radius 2 is 2.14 bits per heavy atom. The fourth-order valence-electron chi connectivity index (χ4n) is 1.67. The maximum absolute atomic E-state index is 8.93. The van der Waals surface area contributed by atoms with Gasteiger partial charge < -0.3 is 5.32 Å². The minimum Gasteiger partial charge on any atom is -0.345 e. The highest BCUT2D eigenvalue weighted by Gasteiger charge is 2.22. The zero-order valence-corrected chi connectivity index (χ0v) is 8.47. The quantitative estimate of drug-likeness (QED) is 0.659. The molecule has 0 aromatic heterocycles. The summed E-state index contributed by atoms with van der Waals surface area (Å²) in [7, 11) is 0. The van der Waals surface area contributed by atoms with Crippen molar-refractivity contribution >= 4 is 17.3 Å². The van der Waals surface area contributed by atoms with Crippen molar-refractivity contribution in [3.05, 3.63) is 40.6 Å². The number of rotatable bonds is 0. The van der Waals surface area contributed by atoms with Crippen molar-refractivity contribution in [2.75, 3.05) is 5.32 Å². The summed E-state index contributed by atoms with van der Waals surface area (Å²) in [6.07, 6.45) is 0. The van der Waals surface area contributed by atoms with Crippen molar-refractivity contribution < 1.29 is 0 Å². The molecule has 70 valence electrons. The van der Waals surface area contributed by atoms with Crippen LogP contribution in [0.25, 0.3) is 0 Å². The van der Waals surface area contributed by atoms with E-state index in [9.17, 15) is 0 Å². The molecule has 0 saturated heterocycles. The predicted molar refractivity (Wildman–Crippen MR) is 57.0 cm³/mol. The summed E-state index contributed by atoms with van der Waals surface area (Å²) < 4.78 is 0. The molecule has 0 spiro atoms. The number of fused-ring (bicyclic) bond motifs is 1. The number of benzene rings is 1. The van der Waals surface area contributed by atoms with Gasteiger partial charge in [0.15, 0.2) is 0 Å². The fraction of sp³-hybridized carbons (Fsp3) is 0.182. The van der Waals surface area contributed by atoms with Gasteiger partial charge in [0.1, 0.15) is 5.16 Å². The van der Waals surface area contributed by atoms with E-state index >= 15 is 0 Å². The number of nitriles is 1. The molecule has 0 bridgehead atoms. The van der Waals surface area contributed by atoms with Crippen LogP contribution in [0.5, 0.6) is 0 Å². The minimum atomic E-state index is 0.0740. The van der Waals surface area contributed by atoms with E-state index in [0.717, 1.165) is 11.3 Å². The van der Waals surface area contributed by atoms with Gasteiger partial charge in [-0.15, -0.1) is 0 Å². The topological polar surface area (TPSA) is 35.8 Å². The van der Waals surface area contributed by atoms with Gasteiger partial charge in [-0.3, -0.25) is 0 Å². The average Bonchev–Trinajstić information content (AvgIpc) is 2.18. The Morgan fingerprint density at radius 3 is 2.86 bits per heavy atom. The van der Waals surface area contributed by atoms with Gasteiger partial charge in [-0.1, -0.05) is 36.7 Å². The molecule has 1 aromatic rings. The first-order chi connectivity index (χ1) is 6.74. The molecule has 1 unspecified atom stereocenters. The lowest BCUT2D eigenvalue weighted by molar-refractivity contribution is 0.906. The summed E-state index contributed by atoms with van der Waals surface area (Å²) in [6, 6.07) is 10.0.